The summed E-state index contributed by atoms with van der Waals surface area (Å²) in [6, 6.07) is 6.67. The van der Waals surface area contributed by atoms with Crippen molar-refractivity contribution < 1.29 is 9.63 Å². The lowest BCUT2D eigenvalue weighted by atomic mass is 10.2. The van der Waals surface area contributed by atoms with Crippen molar-refractivity contribution in [3.63, 3.8) is 0 Å². The summed E-state index contributed by atoms with van der Waals surface area (Å²) in [5.41, 5.74) is 0.706. The van der Waals surface area contributed by atoms with E-state index in [1.807, 2.05) is 0 Å². The summed E-state index contributed by atoms with van der Waals surface area (Å²) in [5.74, 6) is 3.52. The summed E-state index contributed by atoms with van der Waals surface area (Å²) in [5, 5.41) is 16.1. The fourth-order valence-corrected chi connectivity index (χ4v) is 1.33. The molecule has 0 saturated heterocycles. The normalized spacial score (nSPS) is 10.1. The predicted molar refractivity (Wildman–Crippen MR) is 61.9 cm³/mol. The standard InChI is InChI=1S/C12H11N3O2/c1-2-6-13-8-11-14-12(15-17-11)9-4-3-5-10(16)7-9/h1,3-5,7,13,16H,6,8H2. The van der Waals surface area contributed by atoms with Crippen molar-refractivity contribution in [2.45, 2.75) is 6.54 Å². The Kier molecular flexibility index (Phi) is 3.38. The van der Waals surface area contributed by atoms with Crippen molar-refractivity contribution >= 4 is 0 Å². The van der Waals surface area contributed by atoms with Crippen LogP contribution in [0.1, 0.15) is 5.89 Å². The Balaban J connectivity index is 2.10. The second kappa shape index (κ2) is 5.14. The second-order valence-electron chi connectivity index (χ2n) is 3.37. The molecule has 5 heteroatoms. The maximum absolute atomic E-state index is 9.33. The van der Waals surface area contributed by atoms with Crippen LogP contribution >= 0.6 is 0 Å². The molecular formula is C12H11N3O2. The van der Waals surface area contributed by atoms with Crippen LogP contribution in [0.15, 0.2) is 28.8 Å². The lowest BCUT2D eigenvalue weighted by Gasteiger charge is -1.94. The molecule has 0 unspecified atom stereocenters. The topological polar surface area (TPSA) is 71.2 Å². The summed E-state index contributed by atoms with van der Waals surface area (Å²) in [7, 11) is 0. The van der Waals surface area contributed by atoms with Gasteiger partial charge in [-0.05, 0) is 12.1 Å². The van der Waals surface area contributed by atoms with Crippen molar-refractivity contribution in [2.24, 2.45) is 0 Å². The van der Waals surface area contributed by atoms with Gasteiger partial charge in [-0.15, -0.1) is 6.42 Å². The zero-order valence-corrected chi connectivity index (χ0v) is 9.05. The zero-order chi connectivity index (χ0) is 12.1. The predicted octanol–water partition coefficient (Wildman–Crippen LogP) is 1.16. The first-order valence-corrected chi connectivity index (χ1v) is 5.06. The molecule has 0 aliphatic carbocycles. The van der Waals surface area contributed by atoms with Crippen LogP contribution in [0.4, 0.5) is 0 Å². The van der Waals surface area contributed by atoms with Crippen LogP contribution in [-0.2, 0) is 6.54 Å². The molecule has 2 rings (SSSR count). The van der Waals surface area contributed by atoms with E-state index in [9.17, 15) is 5.11 Å². The minimum atomic E-state index is 0.166. The van der Waals surface area contributed by atoms with Gasteiger partial charge >= 0.3 is 0 Å². The van der Waals surface area contributed by atoms with Gasteiger partial charge in [0.15, 0.2) is 0 Å². The molecule has 0 amide bonds. The lowest BCUT2D eigenvalue weighted by Crippen LogP contribution is -2.13. The number of nitrogens with one attached hydrogen (secondary N) is 1. The maximum Gasteiger partial charge on any atom is 0.240 e. The summed E-state index contributed by atoms with van der Waals surface area (Å²) < 4.78 is 5.03. The number of hydrogen-bond donors (Lipinski definition) is 2. The number of benzene rings is 1. The lowest BCUT2D eigenvalue weighted by molar-refractivity contribution is 0.370. The van der Waals surface area contributed by atoms with Gasteiger partial charge in [-0.3, -0.25) is 5.32 Å². The number of aromatic nitrogens is 2. The van der Waals surface area contributed by atoms with Crippen LogP contribution in [-0.4, -0.2) is 21.8 Å². The zero-order valence-electron chi connectivity index (χ0n) is 9.05. The average Bonchev–Trinajstić information content (AvgIpc) is 2.78. The Hall–Kier alpha value is -2.32. The summed E-state index contributed by atoms with van der Waals surface area (Å²) >= 11 is 0. The highest BCUT2D eigenvalue weighted by Crippen LogP contribution is 2.20. The Morgan fingerprint density at radius 1 is 1.47 bits per heavy atom. The van der Waals surface area contributed by atoms with Crippen LogP contribution in [0, 0.1) is 12.3 Å². The van der Waals surface area contributed by atoms with Crippen LogP contribution in [0.25, 0.3) is 11.4 Å². The van der Waals surface area contributed by atoms with E-state index < -0.39 is 0 Å². The smallest absolute Gasteiger partial charge is 0.240 e. The van der Waals surface area contributed by atoms with Crippen LogP contribution in [0.5, 0.6) is 5.75 Å². The molecule has 0 bridgehead atoms. The fraction of sp³-hybridized carbons (Fsp3) is 0.167. The maximum atomic E-state index is 9.33. The van der Waals surface area contributed by atoms with E-state index in [-0.39, 0.29) is 5.75 Å². The Bertz CT molecular complexity index is 543. The number of aromatic hydroxyl groups is 1. The molecule has 1 heterocycles. The Morgan fingerprint density at radius 2 is 2.35 bits per heavy atom. The second-order valence-corrected chi connectivity index (χ2v) is 3.37. The summed E-state index contributed by atoms with van der Waals surface area (Å²) in [6.45, 7) is 0.875. The molecule has 17 heavy (non-hydrogen) atoms. The van der Waals surface area contributed by atoms with Gasteiger partial charge in [0, 0.05) is 5.56 Å². The third-order valence-electron chi connectivity index (χ3n) is 2.08. The quantitative estimate of drug-likeness (QED) is 0.608. The number of hydrogen-bond acceptors (Lipinski definition) is 5. The van der Waals surface area contributed by atoms with Gasteiger partial charge in [0.1, 0.15) is 5.75 Å². The first-order chi connectivity index (χ1) is 8.29. The number of terminal acetylenes is 1. The number of rotatable bonds is 4. The minimum Gasteiger partial charge on any atom is -0.508 e. The van der Waals surface area contributed by atoms with Gasteiger partial charge in [-0.2, -0.15) is 4.98 Å². The molecule has 86 valence electrons. The van der Waals surface area contributed by atoms with E-state index in [1.165, 1.54) is 0 Å². The molecule has 5 nitrogen and oxygen atoms in total. The first-order valence-electron chi connectivity index (χ1n) is 5.06. The van der Waals surface area contributed by atoms with Gasteiger partial charge in [0.2, 0.25) is 11.7 Å². The molecule has 0 radical (unpaired) electrons. The SMILES string of the molecule is C#CCNCc1nc(-c2cccc(O)c2)no1. The monoisotopic (exact) mass is 229 g/mol. The molecular weight excluding hydrogens is 218 g/mol. The third-order valence-corrected chi connectivity index (χ3v) is 2.08. The van der Waals surface area contributed by atoms with Crippen LogP contribution in [0.2, 0.25) is 0 Å². The molecule has 0 aliphatic rings. The van der Waals surface area contributed by atoms with Crippen molar-refractivity contribution in [3.8, 4) is 29.5 Å². The van der Waals surface area contributed by atoms with E-state index in [2.05, 4.69) is 21.4 Å². The van der Waals surface area contributed by atoms with E-state index in [0.29, 0.717) is 30.4 Å². The molecule has 1 aromatic heterocycles. The fourth-order valence-electron chi connectivity index (χ4n) is 1.33. The van der Waals surface area contributed by atoms with E-state index in [1.54, 1.807) is 24.3 Å². The summed E-state index contributed by atoms with van der Waals surface area (Å²) in [4.78, 5) is 4.17. The first kappa shape index (κ1) is 11.2. The molecule has 0 fully saturated rings. The molecule has 0 aliphatic heterocycles. The number of nitrogens with zero attached hydrogens (tertiary/aromatic N) is 2. The highest BCUT2D eigenvalue weighted by molar-refractivity contribution is 5.56. The Morgan fingerprint density at radius 3 is 3.12 bits per heavy atom. The molecule has 2 aromatic rings. The Labute approximate surface area is 98.5 Å². The van der Waals surface area contributed by atoms with E-state index >= 15 is 0 Å². The molecule has 1 aromatic carbocycles. The highest BCUT2D eigenvalue weighted by atomic mass is 16.5. The minimum absolute atomic E-state index is 0.166. The molecule has 2 N–H and O–H groups in total. The van der Waals surface area contributed by atoms with Gasteiger partial charge in [0.05, 0.1) is 13.1 Å². The van der Waals surface area contributed by atoms with E-state index in [0.717, 1.165) is 0 Å². The highest BCUT2D eigenvalue weighted by Gasteiger charge is 2.08. The molecule has 0 spiro atoms. The van der Waals surface area contributed by atoms with Crippen LogP contribution < -0.4 is 5.32 Å². The largest absolute Gasteiger partial charge is 0.508 e. The molecule has 0 atom stereocenters. The average molecular weight is 229 g/mol. The van der Waals surface area contributed by atoms with Gasteiger partial charge in [-0.1, -0.05) is 23.2 Å². The third kappa shape index (κ3) is 2.83. The van der Waals surface area contributed by atoms with Crippen molar-refractivity contribution in [1.29, 1.82) is 0 Å². The van der Waals surface area contributed by atoms with Crippen molar-refractivity contribution in [1.82, 2.24) is 15.5 Å². The summed E-state index contributed by atoms with van der Waals surface area (Å²) in [6.07, 6.45) is 5.10. The van der Waals surface area contributed by atoms with Gasteiger partial charge in [0.25, 0.3) is 0 Å². The number of phenols is 1. The van der Waals surface area contributed by atoms with E-state index in [4.69, 9.17) is 10.9 Å². The number of phenolic OH excluding ortho intramolecular Hbond substituents is 1. The van der Waals surface area contributed by atoms with Gasteiger partial charge in [-0.25, -0.2) is 0 Å². The molecule has 0 saturated carbocycles. The van der Waals surface area contributed by atoms with Crippen LogP contribution in [0.3, 0.4) is 0 Å². The van der Waals surface area contributed by atoms with Crippen molar-refractivity contribution in [2.75, 3.05) is 6.54 Å². The van der Waals surface area contributed by atoms with Crippen molar-refractivity contribution in [3.05, 3.63) is 30.2 Å². The van der Waals surface area contributed by atoms with Gasteiger partial charge < -0.3 is 9.63 Å².